The zero-order valence-electron chi connectivity index (χ0n) is 11.4. The Bertz CT molecular complexity index is 633. The fourth-order valence-corrected chi connectivity index (χ4v) is 2.18. The van der Waals surface area contributed by atoms with Crippen LogP contribution in [0.1, 0.15) is 4.88 Å². The van der Waals surface area contributed by atoms with Crippen LogP contribution in [0.25, 0.3) is 6.08 Å². The van der Waals surface area contributed by atoms with E-state index in [1.54, 1.807) is 48.7 Å². The predicted octanol–water partition coefficient (Wildman–Crippen LogP) is 3.15. The van der Waals surface area contributed by atoms with Gasteiger partial charge in [-0.15, -0.1) is 11.3 Å². The number of rotatable bonds is 4. The Balaban J connectivity index is 1.90. The summed E-state index contributed by atoms with van der Waals surface area (Å²) in [6, 6.07) is 10.5. The van der Waals surface area contributed by atoms with Gasteiger partial charge >= 0.3 is 6.03 Å². The first kappa shape index (κ1) is 14.8. The molecule has 108 valence electrons. The van der Waals surface area contributed by atoms with E-state index in [0.29, 0.717) is 11.4 Å². The molecule has 0 spiro atoms. The summed E-state index contributed by atoms with van der Waals surface area (Å²) in [5, 5.41) is 9.81. The molecule has 1 aromatic heterocycles. The molecule has 0 bridgehead atoms. The van der Waals surface area contributed by atoms with E-state index in [1.807, 2.05) is 17.5 Å². The number of benzene rings is 1. The van der Waals surface area contributed by atoms with Crippen LogP contribution in [0.5, 0.6) is 0 Å². The summed E-state index contributed by atoms with van der Waals surface area (Å²) in [7, 11) is 1.55. The van der Waals surface area contributed by atoms with Crippen molar-refractivity contribution in [3.8, 4) is 0 Å². The largest absolute Gasteiger partial charge is 0.341 e. The zero-order chi connectivity index (χ0) is 15.1. The van der Waals surface area contributed by atoms with Gasteiger partial charge in [0.2, 0.25) is 5.91 Å². The van der Waals surface area contributed by atoms with Crippen molar-refractivity contribution in [2.75, 3.05) is 17.7 Å². The molecule has 5 nitrogen and oxygen atoms in total. The fraction of sp³-hybridized carbons (Fsp3) is 0.0667. The first-order valence-electron chi connectivity index (χ1n) is 6.29. The van der Waals surface area contributed by atoms with Crippen LogP contribution in [-0.4, -0.2) is 19.0 Å². The molecule has 0 atom stereocenters. The summed E-state index contributed by atoms with van der Waals surface area (Å²) in [6.45, 7) is 0. The van der Waals surface area contributed by atoms with Crippen LogP contribution in [0.2, 0.25) is 0 Å². The van der Waals surface area contributed by atoms with Gasteiger partial charge in [-0.05, 0) is 41.8 Å². The van der Waals surface area contributed by atoms with Crippen LogP contribution in [0.3, 0.4) is 0 Å². The van der Waals surface area contributed by atoms with Crippen molar-refractivity contribution < 1.29 is 9.59 Å². The smallest absolute Gasteiger partial charge is 0.318 e. The normalized spacial score (nSPS) is 10.3. The van der Waals surface area contributed by atoms with E-state index in [2.05, 4.69) is 16.0 Å². The van der Waals surface area contributed by atoms with Crippen molar-refractivity contribution in [2.45, 2.75) is 0 Å². The van der Waals surface area contributed by atoms with E-state index in [-0.39, 0.29) is 11.9 Å². The van der Waals surface area contributed by atoms with Crippen molar-refractivity contribution in [1.29, 1.82) is 0 Å². The average molecular weight is 301 g/mol. The molecule has 2 aromatic rings. The second kappa shape index (κ2) is 7.25. The molecule has 6 heteroatoms. The molecule has 0 radical (unpaired) electrons. The first-order valence-corrected chi connectivity index (χ1v) is 7.17. The van der Waals surface area contributed by atoms with Crippen LogP contribution in [-0.2, 0) is 4.79 Å². The van der Waals surface area contributed by atoms with E-state index >= 15 is 0 Å². The lowest BCUT2D eigenvalue weighted by molar-refractivity contribution is -0.111. The Morgan fingerprint density at radius 3 is 2.29 bits per heavy atom. The van der Waals surface area contributed by atoms with Gasteiger partial charge in [0.15, 0.2) is 0 Å². The van der Waals surface area contributed by atoms with Gasteiger partial charge in [-0.25, -0.2) is 4.79 Å². The number of amides is 3. The standard InChI is InChI=1S/C15H15N3O2S/c1-16-15(20)18-12-6-4-11(5-7-12)17-14(19)9-8-13-3-2-10-21-13/h2-10H,1H3,(H,17,19)(H2,16,18,20)/b9-8+. The fourth-order valence-electron chi connectivity index (χ4n) is 1.56. The molecular weight excluding hydrogens is 286 g/mol. The molecule has 0 aliphatic rings. The van der Waals surface area contributed by atoms with E-state index < -0.39 is 0 Å². The highest BCUT2D eigenvalue weighted by Gasteiger charge is 2.00. The second-order valence-corrected chi connectivity index (χ2v) is 5.10. The third-order valence-electron chi connectivity index (χ3n) is 2.58. The van der Waals surface area contributed by atoms with E-state index in [9.17, 15) is 9.59 Å². The maximum atomic E-state index is 11.7. The van der Waals surface area contributed by atoms with E-state index in [1.165, 1.54) is 6.08 Å². The maximum Gasteiger partial charge on any atom is 0.318 e. The molecule has 3 amide bonds. The molecule has 0 saturated carbocycles. The number of hydrogen-bond donors (Lipinski definition) is 3. The molecule has 2 rings (SSSR count). The third-order valence-corrected chi connectivity index (χ3v) is 3.42. The molecule has 0 unspecified atom stereocenters. The molecule has 21 heavy (non-hydrogen) atoms. The number of hydrogen-bond acceptors (Lipinski definition) is 3. The zero-order valence-corrected chi connectivity index (χ0v) is 12.2. The topological polar surface area (TPSA) is 70.2 Å². The molecule has 3 N–H and O–H groups in total. The van der Waals surface area contributed by atoms with Gasteiger partial charge in [-0.1, -0.05) is 6.07 Å². The minimum atomic E-state index is -0.286. The molecular formula is C15H15N3O2S. The van der Waals surface area contributed by atoms with Gasteiger partial charge < -0.3 is 16.0 Å². The summed E-state index contributed by atoms with van der Waals surface area (Å²) in [4.78, 5) is 23.9. The molecule has 1 heterocycles. The van der Waals surface area contributed by atoms with Gasteiger partial charge in [0, 0.05) is 29.4 Å². The lowest BCUT2D eigenvalue weighted by atomic mass is 10.2. The molecule has 0 fully saturated rings. The minimum Gasteiger partial charge on any atom is -0.341 e. The number of carbonyl (C=O) groups is 2. The van der Waals surface area contributed by atoms with Crippen molar-refractivity contribution in [3.05, 3.63) is 52.7 Å². The number of urea groups is 1. The molecule has 0 aliphatic heterocycles. The summed E-state index contributed by atoms with van der Waals surface area (Å²) in [5.41, 5.74) is 1.32. The molecule has 0 aliphatic carbocycles. The van der Waals surface area contributed by atoms with Crippen molar-refractivity contribution in [2.24, 2.45) is 0 Å². The van der Waals surface area contributed by atoms with Crippen LogP contribution in [0.4, 0.5) is 16.2 Å². The minimum absolute atomic E-state index is 0.199. The summed E-state index contributed by atoms with van der Waals surface area (Å²) >= 11 is 1.57. The highest BCUT2D eigenvalue weighted by molar-refractivity contribution is 7.10. The van der Waals surface area contributed by atoms with Gasteiger partial charge in [0.1, 0.15) is 0 Å². The monoisotopic (exact) mass is 301 g/mol. The van der Waals surface area contributed by atoms with E-state index in [4.69, 9.17) is 0 Å². The van der Waals surface area contributed by atoms with Crippen molar-refractivity contribution in [3.63, 3.8) is 0 Å². The van der Waals surface area contributed by atoms with Gasteiger partial charge in [0.05, 0.1) is 0 Å². The predicted molar refractivity (Wildman–Crippen MR) is 86.5 cm³/mol. The number of anilines is 2. The van der Waals surface area contributed by atoms with Crippen molar-refractivity contribution in [1.82, 2.24) is 5.32 Å². The summed E-state index contributed by atoms with van der Waals surface area (Å²) in [6.07, 6.45) is 3.25. The third kappa shape index (κ3) is 4.77. The molecule has 0 saturated heterocycles. The Morgan fingerprint density at radius 1 is 1.05 bits per heavy atom. The highest BCUT2D eigenvalue weighted by atomic mass is 32.1. The Morgan fingerprint density at radius 2 is 1.71 bits per heavy atom. The number of nitrogens with one attached hydrogen (secondary N) is 3. The Hall–Kier alpha value is -2.60. The summed E-state index contributed by atoms with van der Waals surface area (Å²) in [5.74, 6) is -0.199. The van der Waals surface area contributed by atoms with Gasteiger partial charge in [-0.2, -0.15) is 0 Å². The van der Waals surface area contributed by atoms with E-state index in [0.717, 1.165) is 4.88 Å². The number of thiophene rings is 1. The average Bonchev–Trinajstić information content (AvgIpc) is 3.00. The lowest BCUT2D eigenvalue weighted by Crippen LogP contribution is -2.24. The quantitative estimate of drug-likeness (QED) is 0.759. The number of carbonyl (C=O) groups excluding carboxylic acids is 2. The Labute approximate surface area is 126 Å². The molecule has 1 aromatic carbocycles. The van der Waals surface area contributed by atoms with Crippen LogP contribution >= 0.6 is 11.3 Å². The van der Waals surface area contributed by atoms with Crippen LogP contribution in [0.15, 0.2) is 47.9 Å². The SMILES string of the molecule is CNC(=O)Nc1ccc(NC(=O)/C=C/c2cccs2)cc1. The maximum absolute atomic E-state index is 11.7. The summed E-state index contributed by atoms with van der Waals surface area (Å²) < 4.78 is 0. The van der Waals surface area contributed by atoms with Crippen LogP contribution < -0.4 is 16.0 Å². The second-order valence-electron chi connectivity index (χ2n) is 4.12. The van der Waals surface area contributed by atoms with Crippen LogP contribution in [0, 0.1) is 0 Å². The van der Waals surface area contributed by atoms with Gasteiger partial charge in [0.25, 0.3) is 0 Å². The first-order chi connectivity index (χ1) is 10.2. The lowest BCUT2D eigenvalue weighted by Gasteiger charge is -2.06. The van der Waals surface area contributed by atoms with Gasteiger partial charge in [-0.3, -0.25) is 4.79 Å². The Kier molecular flexibility index (Phi) is 5.11. The van der Waals surface area contributed by atoms with Crippen molar-refractivity contribution >= 4 is 40.7 Å². The highest BCUT2D eigenvalue weighted by Crippen LogP contribution is 2.14.